The van der Waals surface area contributed by atoms with Crippen molar-refractivity contribution in [3.05, 3.63) is 70.8 Å². The molecule has 0 N–H and O–H groups in total. The molecule has 1 nitrogen and oxygen atoms in total. The molecule has 130 valence electrons. The van der Waals surface area contributed by atoms with E-state index < -0.39 is 0 Å². The molecule has 2 aromatic carbocycles. The van der Waals surface area contributed by atoms with Gasteiger partial charge in [-0.2, -0.15) is 0 Å². The summed E-state index contributed by atoms with van der Waals surface area (Å²) in [6.45, 7) is 2.60. The van der Waals surface area contributed by atoms with Gasteiger partial charge in [0, 0.05) is 19.1 Å². The highest BCUT2D eigenvalue weighted by Crippen LogP contribution is 2.37. The number of nitrogens with zero attached hydrogens (tertiary/aromatic N) is 1. The zero-order valence-electron chi connectivity index (χ0n) is 15.2. The summed E-state index contributed by atoms with van der Waals surface area (Å²) in [5.74, 6) is 1.61. The van der Waals surface area contributed by atoms with Crippen LogP contribution in [0.3, 0.4) is 0 Å². The lowest BCUT2D eigenvalue weighted by molar-refractivity contribution is 0.0919. The second-order valence-electron chi connectivity index (χ2n) is 8.52. The molecule has 6 rings (SSSR count). The van der Waals surface area contributed by atoms with E-state index in [1.807, 2.05) is 0 Å². The zero-order chi connectivity index (χ0) is 16.6. The Morgan fingerprint density at radius 3 is 2.44 bits per heavy atom. The molecule has 2 aliphatic carbocycles. The van der Waals surface area contributed by atoms with E-state index in [9.17, 15) is 0 Å². The monoisotopic (exact) mass is 331 g/mol. The van der Waals surface area contributed by atoms with Gasteiger partial charge in [0.05, 0.1) is 0 Å². The Morgan fingerprint density at radius 1 is 0.800 bits per heavy atom. The molecular weight excluding hydrogens is 302 g/mol. The molecule has 1 unspecified atom stereocenters. The van der Waals surface area contributed by atoms with Gasteiger partial charge in [0.1, 0.15) is 0 Å². The van der Waals surface area contributed by atoms with Gasteiger partial charge in [-0.15, -0.1) is 0 Å². The Balaban J connectivity index is 1.39. The van der Waals surface area contributed by atoms with Gasteiger partial charge in [-0.3, -0.25) is 4.90 Å². The lowest BCUT2D eigenvalue weighted by atomic mass is 9.78. The van der Waals surface area contributed by atoms with Crippen LogP contribution in [-0.4, -0.2) is 24.0 Å². The maximum Gasteiger partial charge on any atom is 0.0136 e. The van der Waals surface area contributed by atoms with E-state index in [1.54, 1.807) is 22.3 Å². The van der Waals surface area contributed by atoms with Gasteiger partial charge in [-0.25, -0.2) is 0 Å². The molecule has 0 aromatic heterocycles. The van der Waals surface area contributed by atoms with Crippen molar-refractivity contribution in [3.63, 3.8) is 0 Å². The Hall–Kier alpha value is -1.60. The summed E-state index contributed by atoms with van der Waals surface area (Å²) in [6.07, 6.45) is 9.40. The van der Waals surface area contributed by atoms with Crippen molar-refractivity contribution in [2.75, 3.05) is 13.1 Å². The maximum absolute atomic E-state index is 2.87. The summed E-state index contributed by atoms with van der Waals surface area (Å²) in [4.78, 5) is 2.87. The average Bonchev–Trinajstić information content (AvgIpc) is 2.63. The summed E-state index contributed by atoms with van der Waals surface area (Å²) in [5.41, 5.74) is 6.50. The molecule has 2 aromatic rings. The minimum Gasteiger partial charge on any atom is -0.299 e. The van der Waals surface area contributed by atoms with Crippen molar-refractivity contribution in [2.45, 2.75) is 56.9 Å². The molecule has 2 aliphatic heterocycles. The smallest absolute Gasteiger partial charge is 0.0136 e. The van der Waals surface area contributed by atoms with Crippen molar-refractivity contribution >= 4 is 0 Å². The number of hydrogen-bond acceptors (Lipinski definition) is 1. The summed E-state index contributed by atoms with van der Waals surface area (Å²) in [5, 5.41) is 0. The first-order valence-electron chi connectivity index (χ1n) is 10.3. The maximum atomic E-state index is 2.87. The predicted molar refractivity (Wildman–Crippen MR) is 104 cm³/mol. The van der Waals surface area contributed by atoms with Gasteiger partial charge < -0.3 is 0 Å². The van der Waals surface area contributed by atoms with Gasteiger partial charge in [0.15, 0.2) is 0 Å². The number of rotatable bonds is 2. The fourth-order valence-electron chi connectivity index (χ4n) is 5.65. The lowest BCUT2D eigenvalue weighted by Gasteiger charge is -2.44. The molecule has 2 heterocycles. The van der Waals surface area contributed by atoms with Gasteiger partial charge in [-0.05, 0) is 79.0 Å². The molecule has 0 amide bonds. The molecule has 1 saturated heterocycles. The molecule has 2 bridgehead atoms. The van der Waals surface area contributed by atoms with Crippen LogP contribution >= 0.6 is 0 Å². The van der Waals surface area contributed by atoms with E-state index in [2.05, 4.69) is 53.4 Å². The number of hydrogen-bond donors (Lipinski definition) is 0. The zero-order valence-corrected chi connectivity index (χ0v) is 15.2. The van der Waals surface area contributed by atoms with Crippen LogP contribution in [-0.2, 0) is 19.3 Å². The molecule has 25 heavy (non-hydrogen) atoms. The lowest BCUT2D eigenvalue weighted by Crippen LogP contribution is -2.48. The van der Waals surface area contributed by atoms with Crippen molar-refractivity contribution in [2.24, 2.45) is 5.92 Å². The second kappa shape index (κ2) is 6.61. The molecule has 1 fully saturated rings. The van der Waals surface area contributed by atoms with Crippen LogP contribution in [0.5, 0.6) is 0 Å². The minimum absolute atomic E-state index is 0.751. The van der Waals surface area contributed by atoms with Crippen LogP contribution in [0.25, 0.3) is 0 Å². The Labute approximate surface area is 152 Å². The van der Waals surface area contributed by atoms with E-state index in [0.29, 0.717) is 0 Å². The van der Waals surface area contributed by atoms with Crippen LogP contribution < -0.4 is 0 Å². The van der Waals surface area contributed by atoms with Gasteiger partial charge in [0.2, 0.25) is 0 Å². The third-order valence-electron chi connectivity index (χ3n) is 6.95. The number of benzene rings is 2. The van der Waals surface area contributed by atoms with E-state index >= 15 is 0 Å². The third kappa shape index (κ3) is 3.04. The minimum atomic E-state index is 0.751. The summed E-state index contributed by atoms with van der Waals surface area (Å²) in [7, 11) is 0. The Kier molecular flexibility index (Phi) is 4.13. The Bertz CT molecular complexity index is 749. The number of aryl methyl sites for hydroxylation is 1. The van der Waals surface area contributed by atoms with Gasteiger partial charge >= 0.3 is 0 Å². The first-order valence-corrected chi connectivity index (χ1v) is 10.3. The highest BCUT2D eigenvalue weighted by molar-refractivity contribution is 5.33. The molecule has 3 atom stereocenters. The quantitative estimate of drug-likeness (QED) is 0.749. The van der Waals surface area contributed by atoms with E-state index in [1.165, 1.54) is 58.0 Å². The first-order chi connectivity index (χ1) is 12.4. The molecule has 1 heteroatoms. The van der Waals surface area contributed by atoms with Crippen molar-refractivity contribution in [1.29, 1.82) is 0 Å². The van der Waals surface area contributed by atoms with Crippen LogP contribution in [0.15, 0.2) is 48.5 Å². The predicted octanol–water partition coefficient (Wildman–Crippen LogP) is 4.99. The third-order valence-corrected chi connectivity index (χ3v) is 6.95. The number of piperidine rings is 1. The van der Waals surface area contributed by atoms with Crippen LogP contribution in [0.1, 0.15) is 53.9 Å². The molecule has 0 spiro atoms. The highest BCUT2D eigenvalue weighted by Gasteiger charge is 2.33. The van der Waals surface area contributed by atoms with Gasteiger partial charge in [-0.1, -0.05) is 48.5 Å². The van der Waals surface area contributed by atoms with Crippen LogP contribution in [0.4, 0.5) is 0 Å². The molecule has 0 saturated carbocycles. The number of fused-ring (bicyclic) bond motifs is 3. The highest BCUT2D eigenvalue weighted by atomic mass is 15.2. The summed E-state index contributed by atoms with van der Waals surface area (Å²) >= 11 is 0. The van der Waals surface area contributed by atoms with E-state index in [0.717, 1.165) is 17.9 Å². The van der Waals surface area contributed by atoms with Crippen molar-refractivity contribution in [1.82, 2.24) is 4.90 Å². The molecule has 4 aliphatic rings. The normalized spacial score (nSPS) is 28.7. The summed E-state index contributed by atoms with van der Waals surface area (Å²) < 4.78 is 0. The van der Waals surface area contributed by atoms with Crippen molar-refractivity contribution in [3.8, 4) is 0 Å². The van der Waals surface area contributed by atoms with Crippen molar-refractivity contribution < 1.29 is 0 Å². The standard InChI is InChI=1S/C24H29N/c1-2-8-21-15-23-13-12-18(14-20(21)7-1)16-25(23)17-22-10-5-9-19-6-3-4-11-24(19)22/h1-4,6-8,11,18,22-23H,5,9-10,12-17H2/t18-,22?,23-/m1/s1. The largest absolute Gasteiger partial charge is 0.299 e. The summed E-state index contributed by atoms with van der Waals surface area (Å²) in [6, 6.07) is 19.2. The second-order valence-corrected chi connectivity index (χ2v) is 8.52. The average molecular weight is 332 g/mol. The fourth-order valence-corrected chi connectivity index (χ4v) is 5.65. The van der Waals surface area contributed by atoms with Gasteiger partial charge in [0.25, 0.3) is 0 Å². The van der Waals surface area contributed by atoms with Crippen LogP contribution in [0, 0.1) is 5.92 Å². The van der Waals surface area contributed by atoms with E-state index in [4.69, 9.17) is 0 Å². The molecular formula is C24H29N. The SMILES string of the molecule is c1ccc2c(c1)C[C@H]1CC[C@H](C2)N(CC2CCCc3ccccc32)C1. The first kappa shape index (κ1) is 15.6. The topological polar surface area (TPSA) is 3.24 Å². The van der Waals surface area contributed by atoms with E-state index in [-0.39, 0.29) is 0 Å². The Morgan fingerprint density at radius 2 is 1.56 bits per heavy atom. The van der Waals surface area contributed by atoms with Crippen LogP contribution in [0.2, 0.25) is 0 Å². The molecule has 0 radical (unpaired) electrons. The fraction of sp³-hybridized carbons (Fsp3) is 0.500.